The molecular formula is C85H138N20O24S4. The van der Waals surface area contributed by atoms with Crippen molar-refractivity contribution in [2.75, 3.05) is 56.9 Å². The summed E-state index contributed by atoms with van der Waals surface area (Å²) in [5, 5.41) is 58.5. The first-order valence-corrected chi connectivity index (χ1v) is 46.6. The lowest BCUT2D eigenvalue weighted by atomic mass is 9.96. The molecule has 0 radical (unpaired) electrons. The molecule has 19 amide bonds. The van der Waals surface area contributed by atoms with Crippen molar-refractivity contribution in [2.24, 2.45) is 29.6 Å². The number of carbonyl (C=O) groups is 21. The van der Waals surface area contributed by atoms with Crippen LogP contribution in [0, 0.1) is 29.6 Å². The lowest BCUT2D eigenvalue weighted by Gasteiger charge is -2.30. The number of methoxy groups -OCH3 is 2. The van der Waals surface area contributed by atoms with Gasteiger partial charge in [0, 0.05) is 59.9 Å². The van der Waals surface area contributed by atoms with Gasteiger partial charge < -0.3 is 121 Å². The Hall–Kier alpha value is -11.0. The van der Waals surface area contributed by atoms with Gasteiger partial charge in [-0.3, -0.25) is 95.9 Å². The van der Waals surface area contributed by atoms with Crippen molar-refractivity contribution in [3.63, 3.8) is 0 Å². The molecule has 133 heavy (non-hydrogen) atoms. The number of H-pyrrole nitrogens is 1. The highest BCUT2D eigenvalue weighted by atomic mass is 32.1. The molecule has 0 aliphatic heterocycles. The second-order valence-corrected chi connectivity index (χ2v) is 34.5. The number of esters is 2. The predicted molar refractivity (Wildman–Crippen MR) is 503 cm³/mol. The third-order valence-corrected chi connectivity index (χ3v) is 22.9. The van der Waals surface area contributed by atoms with E-state index in [2.05, 4.69) is 161 Å². The number of carbonyl (C=O) groups excluding carboxylic acids is 21. The van der Waals surface area contributed by atoms with Crippen molar-refractivity contribution in [3.8, 4) is 0 Å². The van der Waals surface area contributed by atoms with Crippen LogP contribution in [0.4, 0.5) is 0 Å². The molecule has 0 aliphatic rings. The molecule has 2 rings (SSSR count). The quantitative estimate of drug-likeness (QED) is 0.0220. The van der Waals surface area contributed by atoms with Gasteiger partial charge >= 0.3 is 11.9 Å². The van der Waals surface area contributed by atoms with Gasteiger partial charge in [0.2, 0.25) is 112 Å². The number of aliphatic hydroxyl groups excluding tert-OH is 1. The van der Waals surface area contributed by atoms with E-state index in [0.29, 0.717) is 22.9 Å². The first-order chi connectivity index (χ1) is 62.6. The van der Waals surface area contributed by atoms with E-state index in [1.54, 1.807) is 120 Å². The molecule has 0 unspecified atom stereocenters. The summed E-state index contributed by atoms with van der Waals surface area (Å²) < 4.78 is 9.46. The monoisotopic (exact) mass is 1950 g/mol. The largest absolute Gasteiger partial charge is 0.469 e. The minimum atomic E-state index is -1.61. The number of rotatable bonds is 59. The molecule has 746 valence electrons. The molecule has 0 bridgehead atoms. The van der Waals surface area contributed by atoms with Crippen LogP contribution in [0.15, 0.2) is 30.5 Å². The molecule has 44 nitrogen and oxygen atoms in total. The van der Waals surface area contributed by atoms with Gasteiger partial charge in [-0.1, -0.05) is 121 Å². The normalized spacial score (nSPS) is 15.5. The van der Waals surface area contributed by atoms with Crippen molar-refractivity contribution >= 4 is 186 Å². The Morgan fingerprint density at radius 2 is 0.707 bits per heavy atom. The van der Waals surface area contributed by atoms with Gasteiger partial charge in [0.1, 0.15) is 103 Å². The van der Waals surface area contributed by atoms with Crippen LogP contribution in [0.5, 0.6) is 0 Å². The highest BCUT2D eigenvalue weighted by Gasteiger charge is 2.40. The van der Waals surface area contributed by atoms with E-state index >= 15 is 0 Å². The average molecular weight is 1950 g/mol. The molecule has 0 fully saturated rings. The van der Waals surface area contributed by atoms with E-state index in [4.69, 9.17) is 4.74 Å². The van der Waals surface area contributed by atoms with Gasteiger partial charge in [-0.15, -0.1) is 0 Å². The minimum Gasteiger partial charge on any atom is -0.469 e. The molecular weight excluding hydrogens is 1810 g/mol. The SMILES string of the molecule is CC[C@H](NC(=O)CNC(=O)[C@H](CS)NC(=O)[C@H](CCC(=O)OC)NC(=O)[C@@H](NC(=O)[C@H](CC)NC(=O)[C@H](CC(C)C)NC(=O)[C@H](CC)NC(=O)[C@H](C)NC(=O)[C@@H](NC(=O)[C@H](Cc1c[nH]c2ccccc12)NC(=O)CNC(=O)[C@H](CO)NC(=O)[C@H](CS)NC(C)=O)C(C)C)[C@@H](C)CC)C(=O)N[C@H](C(=O)N[C@H](C(=O)N[C@@H](CS)C(=O)N[C@@H](C)C(=O)N[C@@H](CS)C(=O)OC)[C@@H](C)CC)C(C)C. The number of fused-ring (bicyclic) bond motifs is 1. The zero-order chi connectivity index (χ0) is 101. The van der Waals surface area contributed by atoms with E-state index in [9.17, 15) is 106 Å². The maximum Gasteiger partial charge on any atom is 0.329 e. The molecule has 48 heteroatoms. The van der Waals surface area contributed by atoms with E-state index in [1.807, 2.05) is 0 Å². The molecule has 1 heterocycles. The zero-order valence-electron chi connectivity index (χ0n) is 78.5. The van der Waals surface area contributed by atoms with Crippen molar-refractivity contribution in [2.45, 2.75) is 271 Å². The summed E-state index contributed by atoms with van der Waals surface area (Å²) in [7, 11) is 2.21. The molecule has 0 saturated heterocycles. The molecule has 2 aromatic rings. The number of thiol groups is 4. The Balaban J connectivity index is 2.26. The fourth-order valence-electron chi connectivity index (χ4n) is 13.0. The topological polar surface area (TPSA) is 642 Å². The third kappa shape index (κ3) is 39.6. The van der Waals surface area contributed by atoms with Crippen LogP contribution < -0.4 is 101 Å². The summed E-state index contributed by atoms with van der Waals surface area (Å²) in [5.74, 6) is -21.6. The second kappa shape index (κ2) is 60.3. The summed E-state index contributed by atoms with van der Waals surface area (Å²) in [5.41, 5.74) is 1.27. The van der Waals surface area contributed by atoms with E-state index in [1.165, 1.54) is 13.8 Å². The van der Waals surface area contributed by atoms with Gasteiger partial charge in [-0.05, 0) is 87.2 Å². The van der Waals surface area contributed by atoms with Crippen LogP contribution in [0.2, 0.25) is 0 Å². The van der Waals surface area contributed by atoms with Crippen LogP contribution in [0.1, 0.15) is 168 Å². The summed E-state index contributed by atoms with van der Waals surface area (Å²) in [6.07, 6.45) is 1.03. The van der Waals surface area contributed by atoms with Gasteiger partial charge in [-0.25, -0.2) is 4.79 Å². The lowest BCUT2D eigenvalue weighted by Crippen LogP contribution is -2.61. The first kappa shape index (κ1) is 118. The number of para-hydroxylation sites is 1. The Bertz CT molecular complexity index is 4330. The van der Waals surface area contributed by atoms with Crippen molar-refractivity contribution in [1.29, 1.82) is 0 Å². The standard InChI is InChI=1S/C85H138N20O24S4/c1-19-43(12)67(83(125)96-54(28-29-64(110)128-17)76(118)99-58(36-130)72(114)88-33-62(108)92-50(21-3)74(116)102-66(42(10)11)82(124)105-68(44(13)20-2)84(126)100-60(38-132)79(121)89-45(14)70(112)101-61(39-133)85(127)129-18)104-75(117)52(23-5)95-77(119)55(30-40(6)7)97-73(115)51(22-4)94-69(111)46(15)90-81(123)65(41(8)9)103-78(120)56(31-48-32-86-53-27-25-24-26-49(48)53)93-63(109)34-87-71(113)57(35-106)98-80(122)59(37-131)91-47(16)107/h24-27,32,40-46,50-52,54-61,65-68,86,106,130-133H,19-23,28-31,33-39H2,1-18H3,(H,87,113)(H,88,114)(H,89,121)(H,90,123)(H,91,107)(H,92,108)(H,93,109)(H,94,111)(H,95,119)(H,96,125)(H,97,115)(H,98,122)(H,99,118)(H,100,126)(H,101,112)(H,102,116)(H,103,120)(H,104,117)(H,105,124)/t43-,44-,45-,46-,50-,51-,52-,54-,55-,56-,57-,58-,59-,60-,61-,65-,66-,67-,68-/m0/s1. The van der Waals surface area contributed by atoms with Gasteiger partial charge in [0.15, 0.2) is 0 Å². The number of nitrogens with one attached hydrogen (secondary N) is 20. The average Bonchev–Trinajstić information content (AvgIpc) is 1.63. The van der Waals surface area contributed by atoms with Crippen molar-refractivity contribution in [3.05, 3.63) is 36.0 Å². The third-order valence-electron chi connectivity index (χ3n) is 21.5. The number of hydrogen-bond donors (Lipinski definition) is 25. The number of hydrogen-bond acceptors (Lipinski definition) is 28. The molecule has 0 saturated carbocycles. The molecule has 1 aromatic carbocycles. The Labute approximate surface area is 796 Å². The maximum atomic E-state index is 14.5. The molecule has 0 spiro atoms. The van der Waals surface area contributed by atoms with Crippen molar-refractivity contribution in [1.82, 2.24) is 106 Å². The second-order valence-electron chi connectivity index (χ2n) is 33.1. The van der Waals surface area contributed by atoms with Crippen LogP contribution in [0.3, 0.4) is 0 Å². The van der Waals surface area contributed by atoms with E-state index in [0.717, 1.165) is 21.1 Å². The number of aromatic amines is 1. The summed E-state index contributed by atoms with van der Waals surface area (Å²) in [6.45, 7) is 22.7. The predicted octanol–water partition coefficient (Wildman–Crippen LogP) is -4.24. The van der Waals surface area contributed by atoms with Gasteiger partial charge in [0.25, 0.3) is 0 Å². The number of ether oxygens (including phenoxy) is 2. The molecule has 0 aliphatic carbocycles. The fourth-order valence-corrected chi connectivity index (χ4v) is 14.0. The number of benzene rings is 1. The Morgan fingerprint density at radius 3 is 1.17 bits per heavy atom. The Kier molecular flexibility index (Phi) is 53.5. The van der Waals surface area contributed by atoms with Crippen LogP contribution in [-0.2, 0) is 117 Å². The fraction of sp³-hybridized carbons (Fsp3) is 0.659. The summed E-state index contributed by atoms with van der Waals surface area (Å²) in [6, 6.07) is -15.9. The smallest absolute Gasteiger partial charge is 0.329 e. The number of aliphatic hydroxyl groups is 1. The molecule has 21 N–H and O–H groups in total. The number of amides is 19. The van der Waals surface area contributed by atoms with Crippen LogP contribution >= 0.6 is 50.5 Å². The summed E-state index contributed by atoms with van der Waals surface area (Å²) in [4.78, 5) is 288. The number of aromatic nitrogens is 1. The van der Waals surface area contributed by atoms with Crippen LogP contribution in [-0.4, -0.2) is 294 Å². The first-order valence-electron chi connectivity index (χ1n) is 44.0. The van der Waals surface area contributed by atoms with Gasteiger partial charge in [-0.2, -0.15) is 50.5 Å². The zero-order valence-corrected chi connectivity index (χ0v) is 82.1. The van der Waals surface area contributed by atoms with E-state index in [-0.39, 0.29) is 61.7 Å². The Morgan fingerprint density at radius 1 is 0.361 bits per heavy atom. The maximum absolute atomic E-state index is 14.5. The minimum absolute atomic E-state index is 0.000626. The highest BCUT2D eigenvalue weighted by molar-refractivity contribution is 7.80. The van der Waals surface area contributed by atoms with Crippen molar-refractivity contribution < 1.29 is 115 Å². The lowest BCUT2D eigenvalue weighted by molar-refractivity contribution is -0.144. The highest BCUT2D eigenvalue weighted by Crippen LogP contribution is 2.21. The summed E-state index contributed by atoms with van der Waals surface area (Å²) >= 11 is 16.6. The van der Waals surface area contributed by atoms with Crippen LogP contribution in [0.25, 0.3) is 10.9 Å². The molecule has 19 atom stereocenters. The van der Waals surface area contributed by atoms with Gasteiger partial charge in [0.05, 0.1) is 33.9 Å². The van der Waals surface area contributed by atoms with E-state index < -0.39 is 289 Å². The molecule has 1 aromatic heterocycles.